The standard InChI is InChI=1S/C14H22F2N2/c1-3-5-6-10(4-2)14(18-17)11-7-12(15)9-13(16)8-11/h7-10,14,18H,3-6,17H2,1-2H3. The van der Waals surface area contributed by atoms with Gasteiger partial charge in [-0.1, -0.05) is 33.1 Å². The Bertz CT molecular complexity index is 349. The number of halogens is 2. The van der Waals surface area contributed by atoms with Crippen molar-refractivity contribution in [2.75, 3.05) is 0 Å². The van der Waals surface area contributed by atoms with Gasteiger partial charge in [-0.05, 0) is 30.0 Å². The van der Waals surface area contributed by atoms with E-state index < -0.39 is 11.6 Å². The van der Waals surface area contributed by atoms with Gasteiger partial charge in [0.25, 0.3) is 0 Å². The zero-order valence-electron chi connectivity index (χ0n) is 11.0. The summed E-state index contributed by atoms with van der Waals surface area (Å²) in [6.07, 6.45) is 4.12. The third-order valence-electron chi connectivity index (χ3n) is 3.35. The van der Waals surface area contributed by atoms with E-state index in [1.54, 1.807) is 0 Å². The van der Waals surface area contributed by atoms with Gasteiger partial charge < -0.3 is 0 Å². The third-order valence-corrected chi connectivity index (χ3v) is 3.35. The van der Waals surface area contributed by atoms with Crippen LogP contribution in [0.25, 0.3) is 0 Å². The number of hydrogen-bond acceptors (Lipinski definition) is 2. The molecule has 3 N–H and O–H groups in total. The maximum atomic E-state index is 13.2. The Morgan fingerprint density at radius 2 is 1.78 bits per heavy atom. The Balaban J connectivity index is 2.91. The maximum absolute atomic E-state index is 13.2. The Hall–Kier alpha value is -1.00. The summed E-state index contributed by atoms with van der Waals surface area (Å²) in [6, 6.07) is 3.38. The number of nitrogens with one attached hydrogen (secondary N) is 1. The summed E-state index contributed by atoms with van der Waals surface area (Å²) in [5, 5.41) is 0. The molecule has 1 rings (SSSR count). The monoisotopic (exact) mass is 256 g/mol. The maximum Gasteiger partial charge on any atom is 0.126 e. The van der Waals surface area contributed by atoms with Gasteiger partial charge in [-0.3, -0.25) is 11.3 Å². The zero-order chi connectivity index (χ0) is 13.5. The Labute approximate surface area is 108 Å². The molecule has 0 heterocycles. The average Bonchev–Trinajstić information content (AvgIpc) is 2.33. The van der Waals surface area contributed by atoms with Gasteiger partial charge in [-0.2, -0.15) is 0 Å². The van der Waals surface area contributed by atoms with Gasteiger partial charge >= 0.3 is 0 Å². The van der Waals surface area contributed by atoms with Crippen LogP contribution in [-0.4, -0.2) is 0 Å². The summed E-state index contributed by atoms with van der Waals surface area (Å²) in [5.74, 6) is 4.73. The molecule has 1 aromatic rings. The minimum Gasteiger partial charge on any atom is -0.271 e. The molecule has 0 radical (unpaired) electrons. The molecular weight excluding hydrogens is 234 g/mol. The van der Waals surface area contributed by atoms with Crippen LogP contribution in [0, 0.1) is 17.6 Å². The number of nitrogens with two attached hydrogens (primary N) is 1. The lowest BCUT2D eigenvalue weighted by molar-refractivity contribution is 0.325. The number of hydrogen-bond donors (Lipinski definition) is 2. The largest absolute Gasteiger partial charge is 0.271 e. The molecule has 0 aromatic heterocycles. The molecule has 0 aliphatic heterocycles. The van der Waals surface area contributed by atoms with Crippen molar-refractivity contribution < 1.29 is 8.78 Å². The quantitative estimate of drug-likeness (QED) is 0.577. The summed E-state index contributed by atoms with van der Waals surface area (Å²) in [5.41, 5.74) is 3.28. The highest BCUT2D eigenvalue weighted by molar-refractivity contribution is 5.22. The second-order valence-corrected chi connectivity index (χ2v) is 4.66. The number of hydrazine groups is 1. The summed E-state index contributed by atoms with van der Waals surface area (Å²) in [6.45, 7) is 4.19. The van der Waals surface area contributed by atoms with Gasteiger partial charge in [0.05, 0.1) is 0 Å². The van der Waals surface area contributed by atoms with Crippen molar-refractivity contribution >= 4 is 0 Å². The third kappa shape index (κ3) is 4.03. The minimum atomic E-state index is -0.560. The van der Waals surface area contributed by atoms with E-state index in [4.69, 9.17) is 5.84 Å². The van der Waals surface area contributed by atoms with E-state index in [-0.39, 0.29) is 12.0 Å². The second-order valence-electron chi connectivity index (χ2n) is 4.66. The normalized spacial score (nSPS) is 14.5. The van der Waals surface area contributed by atoms with E-state index in [1.807, 2.05) is 0 Å². The first-order valence-corrected chi connectivity index (χ1v) is 6.54. The van der Waals surface area contributed by atoms with E-state index in [0.717, 1.165) is 31.7 Å². The van der Waals surface area contributed by atoms with Crippen LogP contribution in [0.4, 0.5) is 8.78 Å². The second kappa shape index (κ2) is 7.44. The van der Waals surface area contributed by atoms with Crippen LogP contribution in [0.15, 0.2) is 18.2 Å². The van der Waals surface area contributed by atoms with Crippen LogP contribution < -0.4 is 11.3 Å². The average molecular weight is 256 g/mol. The lowest BCUT2D eigenvalue weighted by Gasteiger charge is -2.26. The van der Waals surface area contributed by atoms with Gasteiger partial charge in [0.15, 0.2) is 0 Å². The molecule has 0 bridgehead atoms. The van der Waals surface area contributed by atoms with Crippen molar-refractivity contribution in [3.8, 4) is 0 Å². The molecule has 0 fully saturated rings. The number of benzene rings is 1. The van der Waals surface area contributed by atoms with Crippen molar-refractivity contribution in [2.24, 2.45) is 11.8 Å². The molecule has 2 nitrogen and oxygen atoms in total. The van der Waals surface area contributed by atoms with Crippen molar-refractivity contribution in [1.29, 1.82) is 0 Å². The first-order chi connectivity index (χ1) is 8.62. The molecular formula is C14H22F2N2. The molecule has 102 valence electrons. The van der Waals surface area contributed by atoms with Crippen molar-refractivity contribution in [1.82, 2.24) is 5.43 Å². The molecule has 0 spiro atoms. The molecule has 18 heavy (non-hydrogen) atoms. The van der Waals surface area contributed by atoms with Crippen LogP contribution >= 0.6 is 0 Å². The van der Waals surface area contributed by atoms with Gasteiger partial charge in [-0.15, -0.1) is 0 Å². The Morgan fingerprint density at radius 1 is 1.17 bits per heavy atom. The smallest absolute Gasteiger partial charge is 0.126 e. The topological polar surface area (TPSA) is 38.0 Å². The highest BCUT2D eigenvalue weighted by Gasteiger charge is 2.21. The van der Waals surface area contributed by atoms with E-state index in [2.05, 4.69) is 19.3 Å². The Morgan fingerprint density at radius 3 is 2.22 bits per heavy atom. The van der Waals surface area contributed by atoms with Gasteiger partial charge in [0.2, 0.25) is 0 Å². The fourth-order valence-electron chi connectivity index (χ4n) is 2.33. The summed E-state index contributed by atoms with van der Waals surface area (Å²) < 4.78 is 26.5. The summed E-state index contributed by atoms with van der Waals surface area (Å²) in [4.78, 5) is 0. The summed E-state index contributed by atoms with van der Waals surface area (Å²) in [7, 11) is 0. The van der Waals surface area contributed by atoms with Crippen LogP contribution in [-0.2, 0) is 0 Å². The predicted molar refractivity (Wildman–Crippen MR) is 69.7 cm³/mol. The van der Waals surface area contributed by atoms with Crippen LogP contribution in [0.2, 0.25) is 0 Å². The fraction of sp³-hybridized carbons (Fsp3) is 0.571. The molecule has 2 unspecified atom stereocenters. The molecule has 0 saturated heterocycles. The number of rotatable bonds is 7. The van der Waals surface area contributed by atoms with Crippen LogP contribution in [0.1, 0.15) is 51.1 Å². The molecule has 4 heteroatoms. The molecule has 0 amide bonds. The number of unbranched alkanes of at least 4 members (excludes halogenated alkanes) is 1. The van der Waals surface area contributed by atoms with Crippen LogP contribution in [0.3, 0.4) is 0 Å². The lowest BCUT2D eigenvalue weighted by Crippen LogP contribution is -2.33. The molecule has 0 aliphatic rings. The SMILES string of the molecule is CCCCC(CC)C(NN)c1cc(F)cc(F)c1. The highest BCUT2D eigenvalue weighted by Crippen LogP contribution is 2.29. The predicted octanol–water partition coefficient (Wildman–Crippen LogP) is 3.69. The van der Waals surface area contributed by atoms with E-state index in [1.165, 1.54) is 12.1 Å². The molecule has 1 aromatic carbocycles. The van der Waals surface area contributed by atoms with Gasteiger partial charge in [-0.25, -0.2) is 8.78 Å². The van der Waals surface area contributed by atoms with Gasteiger partial charge in [0.1, 0.15) is 11.6 Å². The molecule has 0 aliphatic carbocycles. The van der Waals surface area contributed by atoms with Crippen molar-refractivity contribution in [3.05, 3.63) is 35.4 Å². The molecule has 0 saturated carbocycles. The van der Waals surface area contributed by atoms with Crippen LogP contribution in [0.5, 0.6) is 0 Å². The first-order valence-electron chi connectivity index (χ1n) is 6.54. The first kappa shape index (κ1) is 15.1. The minimum absolute atomic E-state index is 0.202. The van der Waals surface area contributed by atoms with E-state index >= 15 is 0 Å². The summed E-state index contributed by atoms with van der Waals surface area (Å²) >= 11 is 0. The fourth-order valence-corrected chi connectivity index (χ4v) is 2.33. The van der Waals surface area contributed by atoms with E-state index in [0.29, 0.717) is 5.56 Å². The van der Waals surface area contributed by atoms with Crippen molar-refractivity contribution in [3.63, 3.8) is 0 Å². The van der Waals surface area contributed by atoms with Crippen molar-refractivity contribution in [2.45, 2.75) is 45.6 Å². The van der Waals surface area contributed by atoms with E-state index in [9.17, 15) is 8.78 Å². The Kier molecular flexibility index (Phi) is 6.22. The molecule has 2 atom stereocenters. The van der Waals surface area contributed by atoms with Gasteiger partial charge in [0, 0.05) is 12.1 Å². The zero-order valence-corrected chi connectivity index (χ0v) is 11.0. The highest BCUT2D eigenvalue weighted by atomic mass is 19.1. The lowest BCUT2D eigenvalue weighted by atomic mass is 9.87.